The number of nitrogens with one attached hydrogen (secondary N) is 1. The molecule has 0 saturated carbocycles. The molecule has 4 aromatic rings. The lowest BCUT2D eigenvalue weighted by atomic mass is 10.1. The monoisotopic (exact) mass is 411 g/mol. The van der Waals surface area contributed by atoms with Crippen LogP contribution < -0.4 is 5.32 Å². The first-order valence-corrected chi connectivity index (χ1v) is 10.4. The Labute approximate surface area is 182 Å². The van der Waals surface area contributed by atoms with Crippen molar-refractivity contribution in [2.75, 3.05) is 6.54 Å². The van der Waals surface area contributed by atoms with E-state index in [-0.39, 0.29) is 5.91 Å². The second kappa shape index (κ2) is 9.34. The lowest BCUT2D eigenvalue weighted by Crippen LogP contribution is -2.25. The zero-order chi connectivity index (χ0) is 21.6. The SMILES string of the molecule is Cc1ccc(-n2nnc(C(=O)NCCCc3ccccc3)c2-c2ccncc2)cc1C. The molecule has 0 spiro atoms. The highest BCUT2D eigenvalue weighted by molar-refractivity contribution is 5.98. The van der Waals surface area contributed by atoms with Gasteiger partial charge in [-0.3, -0.25) is 9.78 Å². The summed E-state index contributed by atoms with van der Waals surface area (Å²) in [7, 11) is 0. The number of carbonyl (C=O) groups excluding carboxylic acids is 1. The van der Waals surface area contributed by atoms with E-state index in [1.807, 2.05) is 42.5 Å². The molecule has 1 N–H and O–H groups in total. The normalized spacial score (nSPS) is 10.8. The Balaban J connectivity index is 1.57. The summed E-state index contributed by atoms with van der Waals surface area (Å²) in [5.74, 6) is -0.227. The molecule has 0 saturated heterocycles. The highest BCUT2D eigenvalue weighted by Gasteiger charge is 2.22. The van der Waals surface area contributed by atoms with Crippen molar-refractivity contribution in [3.63, 3.8) is 0 Å². The van der Waals surface area contributed by atoms with Gasteiger partial charge in [0.15, 0.2) is 5.69 Å². The van der Waals surface area contributed by atoms with Gasteiger partial charge in [0.05, 0.1) is 5.69 Å². The zero-order valence-electron chi connectivity index (χ0n) is 17.7. The molecule has 31 heavy (non-hydrogen) atoms. The molecule has 6 heteroatoms. The third-order valence-corrected chi connectivity index (χ3v) is 5.34. The van der Waals surface area contributed by atoms with Crippen molar-refractivity contribution in [3.05, 3.63) is 95.4 Å². The van der Waals surface area contributed by atoms with Gasteiger partial charge in [-0.2, -0.15) is 0 Å². The third-order valence-electron chi connectivity index (χ3n) is 5.34. The van der Waals surface area contributed by atoms with Gasteiger partial charge in [0, 0.05) is 24.5 Å². The molecule has 0 unspecified atom stereocenters. The molecule has 2 aromatic heterocycles. The Bertz CT molecular complexity index is 1170. The van der Waals surface area contributed by atoms with Crippen LogP contribution in [0, 0.1) is 13.8 Å². The van der Waals surface area contributed by atoms with E-state index in [0.717, 1.165) is 29.7 Å². The number of amides is 1. The van der Waals surface area contributed by atoms with Crippen LogP contribution in [0.15, 0.2) is 73.1 Å². The van der Waals surface area contributed by atoms with Crippen LogP contribution in [-0.4, -0.2) is 32.4 Å². The van der Waals surface area contributed by atoms with Crippen LogP contribution >= 0.6 is 0 Å². The summed E-state index contributed by atoms with van der Waals surface area (Å²) in [6.45, 7) is 4.70. The van der Waals surface area contributed by atoms with E-state index in [2.05, 4.69) is 52.7 Å². The average Bonchev–Trinajstić information content (AvgIpc) is 3.25. The molecule has 0 radical (unpaired) electrons. The second-order valence-electron chi connectivity index (χ2n) is 7.55. The van der Waals surface area contributed by atoms with Crippen LogP contribution in [0.4, 0.5) is 0 Å². The largest absolute Gasteiger partial charge is 0.351 e. The van der Waals surface area contributed by atoms with Crippen molar-refractivity contribution in [2.45, 2.75) is 26.7 Å². The minimum absolute atomic E-state index is 0.227. The molecular formula is C25H25N5O. The maximum Gasteiger partial charge on any atom is 0.274 e. The summed E-state index contributed by atoms with van der Waals surface area (Å²) < 4.78 is 1.72. The predicted molar refractivity (Wildman–Crippen MR) is 121 cm³/mol. The maximum atomic E-state index is 13.0. The quantitative estimate of drug-likeness (QED) is 0.460. The first-order valence-electron chi connectivity index (χ1n) is 10.4. The van der Waals surface area contributed by atoms with Gasteiger partial charge in [-0.25, -0.2) is 4.68 Å². The fourth-order valence-electron chi connectivity index (χ4n) is 3.46. The van der Waals surface area contributed by atoms with Crippen molar-refractivity contribution in [2.24, 2.45) is 0 Å². The molecule has 2 heterocycles. The highest BCUT2D eigenvalue weighted by Crippen LogP contribution is 2.25. The Kier molecular flexibility index (Phi) is 6.17. The lowest BCUT2D eigenvalue weighted by Gasteiger charge is -2.10. The molecule has 6 nitrogen and oxygen atoms in total. The number of hydrogen-bond acceptors (Lipinski definition) is 4. The molecule has 0 bridgehead atoms. The maximum absolute atomic E-state index is 13.0. The molecule has 0 aliphatic carbocycles. The summed E-state index contributed by atoms with van der Waals surface area (Å²) in [4.78, 5) is 17.1. The molecule has 2 aromatic carbocycles. The number of pyridine rings is 1. The average molecular weight is 412 g/mol. The van der Waals surface area contributed by atoms with E-state index in [9.17, 15) is 4.79 Å². The number of carbonyl (C=O) groups is 1. The zero-order valence-corrected chi connectivity index (χ0v) is 17.7. The summed E-state index contributed by atoms with van der Waals surface area (Å²) in [5, 5.41) is 11.5. The lowest BCUT2D eigenvalue weighted by molar-refractivity contribution is 0.0949. The van der Waals surface area contributed by atoms with Gasteiger partial charge in [0.2, 0.25) is 0 Å². The summed E-state index contributed by atoms with van der Waals surface area (Å²) >= 11 is 0. The van der Waals surface area contributed by atoms with Gasteiger partial charge in [-0.05, 0) is 67.6 Å². The van der Waals surface area contributed by atoms with Crippen LogP contribution in [0.5, 0.6) is 0 Å². The van der Waals surface area contributed by atoms with Gasteiger partial charge in [-0.1, -0.05) is 41.6 Å². The van der Waals surface area contributed by atoms with E-state index in [1.54, 1.807) is 17.1 Å². The van der Waals surface area contributed by atoms with E-state index in [0.29, 0.717) is 17.9 Å². The van der Waals surface area contributed by atoms with Gasteiger partial charge >= 0.3 is 0 Å². The van der Waals surface area contributed by atoms with Crippen molar-refractivity contribution in [3.8, 4) is 16.9 Å². The Hall–Kier alpha value is -3.80. The van der Waals surface area contributed by atoms with E-state index < -0.39 is 0 Å². The molecule has 0 aliphatic heterocycles. The number of benzene rings is 2. The minimum atomic E-state index is -0.227. The fraction of sp³-hybridized carbons (Fsp3) is 0.200. The van der Waals surface area contributed by atoms with Crippen LogP contribution in [0.1, 0.15) is 33.6 Å². The molecule has 1 amide bonds. The number of aromatic nitrogens is 4. The third kappa shape index (κ3) is 4.69. The van der Waals surface area contributed by atoms with Crippen LogP contribution in [0.3, 0.4) is 0 Å². The minimum Gasteiger partial charge on any atom is -0.351 e. The summed E-state index contributed by atoms with van der Waals surface area (Å²) in [6, 6.07) is 20.1. The first-order chi connectivity index (χ1) is 15.1. The highest BCUT2D eigenvalue weighted by atomic mass is 16.2. The number of aryl methyl sites for hydroxylation is 3. The molecule has 156 valence electrons. The number of nitrogens with zero attached hydrogens (tertiary/aromatic N) is 4. The number of hydrogen-bond donors (Lipinski definition) is 1. The second-order valence-corrected chi connectivity index (χ2v) is 7.55. The molecular weight excluding hydrogens is 386 g/mol. The standard InChI is InChI=1S/C25H25N5O/c1-18-10-11-22(17-19(18)2)30-24(21-12-15-26-16-13-21)23(28-29-30)25(31)27-14-6-9-20-7-4-3-5-8-20/h3-5,7-8,10-13,15-17H,6,9,14H2,1-2H3,(H,27,31). The summed E-state index contributed by atoms with van der Waals surface area (Å²) in [5.41, 5.74) is 6.29. The van der Waals surface area contributed by atoms with Crippen LogP contribution in [0.2, 0.25) is 0 Å². The van der Waals surface area contributed by atoms with E-state index in [4.69, 9.17) is 0 Å². The van der Waals surface area contributed by atoms with Crippen molar-refractivity contribution in [1.29, 1.82) is 0 Å². The molecule has 0 fully saturated rings. The van der Waals surface area contributed by atoms with Crippen molar-refractivity contribution >= 4 is 5.91 Å². The van der Waals surface area contributed by atoms with Crippen molar-refractivity contribution in [1.82, 2.24) is 25.3 Å². The van der Waals surface area contributed by atoms with Crippen LogP contribution in [-0.2, 0) is 6.42 Å². The van der Waals surface area contributed by atoms with Gasteiger partial charge in [0.25, 0.3) is 5.91 Å². The van der Waals surface area contributed by atoms with E-state index in [1.165, 1.54) is 11.1 Å². The first kappa shape index (κ1) is 20.5. The number of rotatable bonds is 7. The van der Waals surface area contributed by atoms with Gasteiger partial charge in [0.1, 0.15) is 5.69 Å². The Morgan fingerprint density at radius 1 is 0.968 bits per heavy atom. The van der Waals surface area contributed by atoms with Crippen LogP contribution in [0.25, 0.3) is 16.9 Å². The van der Waals surface area contributed by atoms with Crippen molar-refractivity contribution < 1.29 is 4.79 Å². The topological polar surface area (TPSA) is 72.7 Å². The molecule has 0 atom stereocenters. The van der Waals surface area contributed by atoms with Gasteiger partial charge in [-0.15, -0.1) is 5.10 Å². The smallest absolute Gasteiger partial charge is 0.274 e. The predicted octanol–water partition coefficient (Wildman–Crippen LogP) is 4.31. The van der Waals surface area contributed by atoms with Gasteiger partial charge < -0.3 is 5.32 Å². The molecule has 0 aliphatic rings. The van der Waals surface area contributed by atoms with E-state index >= 15 is 0 Å². The fourth-order valence-corrected chi connectivity index (χ4v) is 3.46. The Morgan fingerprint density at radius 3 is 2.48 bits per heavy atom. The summed E-state index contributed by atoms with van der Waals surface area (Å²) in [6.07, 6.45) is 5.17. The Morgan fingerprint density at radius 2 is 1.74 bits per heavy atom. The molecule has 4 rings (SSSR count).